The van der Waals surface area contributed by atoms with Crippen LogP contribution in [0.15, 0.2) is 18.2 Å². The van der Waals surface area contributed by atoms with Crippen LogP contribution in [0.2, 0.25) is 0 Å². The molecule has 1 aliphatic rings. The molecule has 1 saturated carbocycles. The largest absolute Gasteiger partial charge is 0.399 e. The molecular formula is C15H24N2. The van der Waals surface area contributed by atoms with E-state index in [1.807, 2.05) is 6.07 Å². The average Bonchev–Trinajstić information content (AvgIpc) is 2.35. The van der Waals surface area contributed by atoms with Gasteiger partial charge < -0.3 is 11.1 Å². The zero-order chi connectivity index (χ0) is 12.3. The third kappa shape index (κ3) is 3.15. The van der Waals surface area contributed by atoms with Crippen molar-refractivity contribution in [2.24, 2.45) is 5.92 Å². The van der Waals surface area contributed by atoms with Crippen molar-refractivity contribution < 1.29 is 0 Å². The van der Waals surface area contributed by atoms with E-state index in [1.54, 1.807) is 0 Å². The number of aryl methyl sites for hydroxylation is 1. The first kappa shape index (κ1) is 12.3. The predicted molar refractivity (Wildman–Crippen MR) is 75.3 cm³/mol. The number of benzene rings is 1. The van der Waals surface area contributed by atoms with Crippen LogP contribution in [0, 0.1) is 12.8 Å². The number of rotatable bonds is 3. The van der Waals surface area contributed by atoms with Gasteiger partial charge in [0, 0.05) is 17.4 Å². The summed E-state index contributed by atoms with van der Waals surface area (Å²) in [5, 5.41) is 3.62. The van der Waals surface area contributed by atoms with Crippen LogP contribution in [0.1, 0.15) is 44.6 Å². The second-order valence-electron chi connectivity index (χ2n) is 5.40. The fourth-order valence-corrected chi connectivity index (χ4v) is 2.78. The van der Waals surface area contributed by atoms with E-state index < -0.39 is 0 Å². The molecule has 3 N–H and O–H groups in total. The van der Waals surface area contributed by atoms with Crippen LogP contribution < -0.4 is 11.1 Å². The van der Waals surface area contributed by atoms with Crippen LogP contribution in [-0.4, -0.2) is 6.04 Å². The molecule has 0 aliphatic heterocycles. The molecule has 1 aromatic rings. The van der Waals surface area contributed by atoms with Crippen molar-refractivity contribution in [2.75, 3.05) is 11.1 Å². The van der Waals surface area contributed by atoms with Gasteiger partial charge in [0.2, 0.25) is 0 Å². The van der Waals surface area contributed by atoms with Gasteiger partial charge in [-0.05, 0) is 56.4 Å². The van der Waals surface area contributed by atoms with Crippen LogP contribution in [0.3, 0.4) is 0 Å². The smallest absolute Gasteiger partial charge is 0.0346 e. The quantitative estimate of drug-likeness (QED) is 0.774. The van der Waals surface area contributed by atoms with E-state index in [9.17, 15) is 0 Å². The molecule has 0 radical (unpaired) electrons. The Morgan fingerprint density at radius 3 is 2.59 bits per heavy atom. The Kier molecular flexibility index (Phi) is 3.93. The fourth-order valence-electron chi connectivity index (χ4n) is 2.78. The number of nitrogen functional groups attached to an aromatic ring is 1. The Labute approximate surface area is 105 Å². The lowest BCUT2D eigenvalue weighted by atomic mass is 9.84. The summed E-state index contributed by atoms with van der Waals surface area (Å²) in [5.41, 5.74) is 9.07. The van der Waals surface area contributed by atoms with Gasteiger partial charge in [-0.15, -0.1) is 0 Å². The summed E-state index contributed by atoms with van der Waals surface area (Å²) in [4.78, 5) is 0. The highest BCUT2D eigenvalue weighted by Gasteiger charge is 2.19. The normalized spacial score (nSPS) is 18.9. The third-order valence-corrected chi connectivity index (χ3v) is 4.02. The number of anilines is 2. The van der Waals surface area contributed by atoms with E-state index in [4.69, 9.17) is 5.73 Å². The van der Waals surface area contributed by atoms with Gasteiger partial charge in [0.05, 0.1) is 0 Å². The van der Waals surface area contributed by atoms with Gasteiger partial charge in [0.15, 0.2) is 0 Å². The maximum atomic E-state index is 5.83. The Morgan fingerprint density at radius 2 is 1.94 bits per heavy atom. The van der Waals surface area contributed by atoms with E-state index in [2.05, 4.69) is 31.3 Å². The van der Waals surface area contributed by atoms with Crippen molar-refractivity contribution in [3.05, 3.63) is 23.8 Å². The van der Waals surface area contributed by atoms with Crippen molar-refractivity contribution >= 4 is 11.4 Å². The molecule has 1 unspecified atom stereocenters. The first-order valence-electron chi connectivity index (χ1n) is 6.79. The molecule has 2 heteroatoms. The van der Waals surface area contributed by atoms with Crippen LogP contribution in [0.5, 0.6) is 0 Å². The van der Waals surface area contributed by atoms with Crippen LogP contribution in [-0.2, 0) is 0 Å². The molecule has 94 valence electrons. The van der Waals surface area contributed by atoms with Crippen molar-refractivity contribution in [2.45, 2.75) is 52.0 Å². The van der Waals surface area contributed by atoms with E-state index >= 15 is 0 Å². The summed E-state index contributed by atoms with van der Waals surface area (Å²) in [6.07, 6.45) is 6.98. The van der Waals surface area contributed by atoms with Crippen molar-refractivity contribution in [3.63, 3.8) is 0 Å². The van der Waals surface area contributed by atoms with E-state index in [-0.39, 0.29) is 0 Å². The number of hydrogen-bond acceptors (Lipinski definition) is 2. The lowest BCUT2D eigenvalue weighted by molar-refractivity contribution is 0.328. The monoisotopic (exact) mass is 232 g/mol. The summed E-state index contributed by atoms with van der Waals surface area (Å²) < 4.78 is 0. The lowest BCUT2D eigenvalue weighted by Gasteiger charge is -2.29. The van der Waals surface area contributed by atoms with Crippen molar-refractivity contribution in [1.29, 1.82) is 0 Å². The second-order valence-corrected chi connectivity index (χ2v) is 5.40. The Morgan fingerprint density at radius 1 is 1.24 bits per heavy atom. The SMILES string of the molecule is Cc1cc(NC(C)C2CCCCC2)ccc1N. The maximum absolute atomic E-state index is 5.83. The number of nitrogens with two attached hydrogens (primary N) is 1. The minimum absolute atomic E-state index is 0.568. The molecule has 0 saturated heterocycles. The van der Waals surface area contributed by atoms with E-state index in [0.717, 1.165) is 17.2 Å². The lowest BCUT2D eigenvalue weighted by Crippen LogP contribution is -2.27. The minimum Gasteiger partial charge on any atom is -0.399 e. The molecule has 0 bridgehead atoms. The van der Waals surface area contributed by atoms with Gasteiger partial charge in [-0.25, -0.2) is 0 Å². The predicted octanol–water partition coefficient (Wildman–Crippen LogP) is 3.96. The topological polar surface area (TPSA) is 38.0 Å². The average molecular weight is 232 g/mol. The molecule has 2 nitrogen and oxygen atoms in total. The highest BCUT2D eigenvalue weighted by Crippen LogP contribution is 2.28. The van der Waals surface area contributed by atoms with Crippen molar-refractivity contribution in [1.82, 2.24) is 0 Å². The fraction of sp³-hybridized carbons (Fsp3) is 0.600. The molecular weight excluding hydrogens is 208 g/mol. The standard InChI is InChI=1S/C15H24N2/c1-11-10-14(8-9-15(11)16)17-12(2)13-6-4-3-5-7-13/h8-10,12-13,17H,3-7,16H2,1-2H3. The third-order valence-electron chi connectivity index (χ3n) is 4.02. The molecule has 17 heavy (non-hydrogen) atoms. The molecule has 1 fully saturated rings. The zero-order valence-corrected chi connectivity index (χ0v) is 11.0. The molecule has 1 aliphatic carbocycles. The maximum Gasteiger partial charge on any atom is 0.0346 e. The van der Waals surface area contributed by atoms with Gasteiger partial charge in [0.1, 0.15) is 0 Å². The van der Waals surface area contributed by atoms with Gasteiger partial charge in [0.25, 0.3) is 0 Å². The van der Waals surface area contributed by atoms with Crippen LogP contribution >= 0.6 is 0 Å². The zero-order valence-electron chi connectivity index (χ0n) is 11.0. The van der Waals surface area contributed by atoms with Gasteiger partial charge in [-0.2, -0.15) is 0 Å². The molecule has 1 atom stereocenters. The van der Waals surface area contributed by atoms with Gasteiger partial charge >= 0.3 is 0 Å². The molecule has 0 spiro atoms. The summed E-state index contributed by atoms with van der Waals surface area (Å²) in [7, 11) is 0. The summed E-state index contributed by atoms with van der Waals surface area (Å²) >= 11 is 0. The highest BCUT2D eigenvalue weighted by atomic mass is 14.9. The molecule has 0 aromatic heterocycles. The van der Waals surface area contributed by atoms with Crippen LogP contribution in [0.4, 0.5) is 11.4 Å². The first-order chi connectivity index (χ1) is 8.16. The molecule has 0 heterocycles. The molecule has 1 aromatic carbocycles. The highest BCUT2D eigenvalue weighted by molar-refractivity contribution is 5.57. The molecule has 0 amide bonds. The Balaban J connectivity index is 1.96. The molecule has 2 rings (SSSR count). The second kappa shape index (κ2) is 5.44. The summed E-state index contributed by atoms with van der Waals surface area (Å²) in [6.45, 7) is 4.37. The minimum atomic E-state index is 0.568. The Hall–Kier alpha value is -1.18. The summed E-state index contributed by atoms with van der Waals surface area (Å²) in [5.74, 6) is 0.835. The summed E-state index contributed by atoms with van der Waals surface area (Å²) in [6, 6.07) is 6.79. The van der Waals surface area contributed by atoms with Gasteiger partial charge in [-0.1, -0.05) is 19.3 Å². The van der Waals surface area contributed by atoms with Crippen LogP contribution in [0.25, 0.3) is 0 Å². The van der Waals surface area contributed by atoms with E-state index in [1.165, 1.54) is 37.8 Å². The van der Waals surface area contributed by atoms with Gasteiger partial charge in [-0.3, -0.25) is 0 Å². The van der Waals surface area contributed by atoms with E-state index in [0.29, 0.717) is 6.04 Å². The number of nitrogens with one attached hydrogen (secondary N) is 1. The first-order valence-corrected chi connectivity index (χ1v) is 6.79. The van der Waals surface area contributed by atoms with Crippen molar-refractivity contribution in [3.8, 4) is 0 Å². The number of hydrogen-bond donors (Lipinski definition) is 2. The Bertz CT molecular complexity index is 367.